The highest BCUT2D eigenvalue weighted by Crippen LogP contribution is 2.32. The number of amides is 1. The van der Waals surface area contributed by atoms with Gasteiger partial charge in [-0.1, -0.05) is 0 Å². The fourth-order valence-corrected chi connectivity index (χ4v) is 4.03. The van der Waals surface area contributed by atoms with Crippen LogP contribution in [-0.4, -0.2) is 41.1 Å². The summed E-state index contributed by atoms with van der Waals surface area (Å²) in [5, 5.41) is 2.71. The fraction of sp³-hybridized carbons (Fsp3) is 0.533. The minimum absolute atomic E-state index is 0.0761. The summed E-state index contributed by atoms with van der Waals surface area (Å²) in [5.74, 6) is 0.490. The van der Waals surface area contributed by atoms with Crippen molar-refractivity contribution in [2.45, 2.75) is 37.1 Å². The van der Waals surface area contributed by atoms with Crippen LogP contribution in [0.1, 0.15) is 24.8 Å². The Kier molecular flexibility index (Phi) is 5.48. The normalized spacial score (nSPS) is 18.9. The van der Waals surface area contributed by atoms with Crippen LogP contribution in [0.2, 0.25) is 0 Å². The summed E-state index contributed by atoms with van der Waals surface area (Å²) in [5.41, 5.74) is 0.518. The predicted molar refractivity (Wildman–Crippen MR) is 85.3 cm³/mol. The number of carbonyl (C=O) groups excluding carboxylic acids is 1. The van der Waals surface area contributed by atoms with Gasteiger partial charge < -0.3 is 14.8 Å². The van der Waals surface area contributed by atoms with Crippen molar-refractivity contribution < 1.29 is 22.7 Å². The lowest BCUT2D eigenvalue weighted by Gasteiger charge is -2.18. The van der Waals surface area contributed by atoms with Gasteiger partial charge in [0.25, 0.3) is 0 Å². The Morgan fingerprint density at radius 3 is 2.48 bits per heavy atom. The van der Waals surface area contributed by atoms with Crippen molar-refractivity contribution in [3.63, 3.8) is 0 Å². The highest BCUT2D eigenvalue weighted by molar-refractivity contribution is 7.89. The maximum atomic E-state index is 12.7. The number of carbonyl (C=O) groups is 1. The van der Waals surface area contributed by atoms with E-state index >= 15 is 0 Å². The van der Waals surface area contributed by atoms with Crippen LogP contribution in [0.25, 0.3) is 0 Å². The standard InChI is InChI=1S/C15H22N2O5S/c1-10-8-12(21-2)13(22-3)9-14(10)23(19,20)17-11-6-4-5-7-16-15(11)18/h8-9,11,17H,4-7H2,1-3H3,(H,16,18)/t11-/m1/s1. The number of aryl methyl sites for hydroxylation is 1. The lowest BCUT2D eigenvalue weighted by atomic mass is 10.1. The predicted octanol–water partition coefficient (Wildman–Crippen LogP) is 0.959. The van der Waals surface area contributed by atoms with E-state index in [1.807, 2.05) is 0 Å². The maximum Gasteiger partial charge on any atom is 0.241 e. The molecular formula is C15H22N2O5S. The summed E-state index contributed by atoms with van der Waals surface area (Å²) >= 11 is 0. The topological polar surface area (TPSA) is 93.7 Å². The number of rotatable bonds is 5. The first-order chi connectivity index (χ1) is 10.9. The number of ether oxygens (including phenoxy) is 2. The summed E-state index contributed by atoms with van der Waals surface area (Å²) in [7, 11) is -0.918. The number of hydrogen-bond acceptors (Lipinski definition) is 5. The maximum absolute atomic E-state index is 12.7. The summed E-state index contributed by atoms with van der Waals surface area (Å²) in [6.07, 6.45) is 2.12. The quantitative estimate of drug-likeness (QED) is 0.831. The second-order valence-corrected chi connectivity index (χ2v) is 7.12. The Hall–Kier alpha value is -1.80. The van der Waals surface area contributed by atoms with E-state index in [-0.39, 0.29) is 10.8 Å². The average molecular weight is 342 g/mol. The Labute approximate surface area is 136 Å². The third-order valence-corrected chi connectivity index (χ3v) is 5.42. The molecule has 0 saturated carbocycles. The van der Waals surface area contributed by atoms with Gasteiger partial charge in [-0.05, 0) is 37.8 Å². The zero-order valence-electron chi connectivity index (χ0n) is 13.5. The van der Waals surface area contributed by atoms with Crippen molar-refractivity contribution in [3.05, 3.63) is 17.7 Å². The Morgan fingerprint density at radius 1 is 1.17 bits per heavy atom. The van der Waals surface area contributed by atoms with E-state index in [1.165, 1.54) is 20.3 Å². The molecule has 2 rings (SSSR count). The molecule has 1 aliphatic heterocycles. The molecule has 2 N–H and O–H groups in total. The first kappa shape index (κ1) is 17.6. The van der Waals surface area contributed by atoms with Gasteiger partial charge >= 0.3 is 0 Å². The minimum Gasteiger partial charge on any atom is -0.493 e. The van der Waals surface area contributed by atoms with Gasteiger partial charge in [0.15, 0.2) is 11.5 Å². The Bertz CT molecular complexity index is 687. The van der Waals surface area contributed by atoms with E-state index in [1.54, 1.807) is 13.0 Å². The monoisotopic (exact) mass is 342 g/mol. The highest BCUT2D eigenvalue weighted by Gasteiger charge is 2.28. The number of methoxy groups -OCH3 is 2. The first-order valence-corrected chi connectivity index (χ1v) is 8.90. The molecule has 0 aromatic heterocycles. The number of nitrogens with one attached hydrogen (secondary N) is 2. The van der Waals surface area contributed by atoms with E-state index in [9.17, 15) is 13.2 Å². The van der Waals surface area contributed by atoms with Gasteiger partial charge in [0.05, 0.1) is 19.1 Å². The van der Waals surface area contributed by atoms with Gasteiger partial charge in [-0.3, -0.25) is 4.79 Å². The molecule has 0 bridgehead atoms. The van der Waals surface area contributed by atoms with Crippen molar-refractivity contribution in [2.24, 2.45) is 0 Å². The van der Waals surface area contributed by atoms with Gasteiger partial charge in [0.1, 0.15) is 6.04 Å². The molecule has 7 nitrogen and oxygen atoms in total. The minimum atomic E-state index is -3.84. The van der Waals surface area contributed by atoms with Crippen molar-refractivity contribution >= 4 is 15.9 Å². The molecule has 1 aliphatic rings. The third-order valence-electron chi connectivity index (χ3n) is 3.80. The molecule has 1 aromatic rings. The van der Waals surface area contributed by atoms with Crippen LogP contribution >= 0.6 is 0 Å². The lowest BCUT2D eigenvalue weighted by molar-refractivity contribution is -0.122. The fourth-order valence-electron chi connectivity index (χ4n) is 2.55. The van der Waals surface area contributed by atoms with Crippen molar-refractivity contribution in [1.82, 2.24) is 10.0 Å². The number of sulfonamides is 1. The van der Waals surface area contributed by atoms with Crippen LogP contribution in [0.5, 0.6) is 11.5 Å². The molecule has 1 heterocycles. The molecule has 0 radical (unpaired) electrons. The highest BCUT2D eigenvalue weighted by atomic mass is 32.2. The lowest BCUT2D eigenvalue weighted by Crippen LogP contribution is -2.45. The van der Waals surface area contributed by atoms with E-state index in [2.05, 4.69) is 10.0 Å². The summed E-state index contributed by atoms with van der Waals surface area (Å²) in [6, 6.07) is 2.25. The molecule has 0 unspecified atom stereocenters. The van der Waals surface area contributed by atoms with Crippen molar-refractivity contribution in [3.8, 4) is 11.5 Å². The molecule has 0 spiro atoms. The molecule has 23 heavy (non-hydrogen) atoms. The molecule has 1 aromatic carbocycles. The van der Waals surface area contributed by atoms with E-state index in [4.69, 9.17) is 9.47 Å². The molecule has 8 heteroatoms. The molecule has 1 fully saturated rings. The summed E-state index contributed by atoms with van der Waals surface area (Å²) in [6.45, 7) is 2.25. The van der Waals surface area contributed by atoms with E-state index in [0.29, 0.717) is 30.0 Å². The van der Waals surface area contributed by atoms with Gasteiger partial charge in [0.2, 0.25) is 15.9 Å². The van der Waals surface area contributed by atoms with Crippen LogP contribution in [0, 0.1) is 6.92 Å². The molecule has 1 atom stereocenters. The Morgan fingerprint density at radius 2 is 1.83 bits per heavy atom. The first-order valence-electron chi connectivity index (χ1n) is 7.41. The van der Waals surface area contributed by atoms with Crippen LogP contribution in [0.15, 0.2) is 17.0 Å². The van der Waals surface area contributed by atoms with E-state index in [0.717, 1.165) is 12.8 Å². The van der Waals surface area contributed by atoms with Crippen LogP contribution < -0.4 is 19.5 Å². The zero-order chi connectivity index (χ0) is 17.0. The number of hydrogen-bond donors (Lipinski definition) is 2. The van der Waals surface area contributed by atoms with Crippen LogP contribution in [0.4, 0.5) is 0 Å². The molecule has 1 saturated heterocycles. The zero-order valence-corrected chi connectivity index (χ0v) is 14.3. The molecule has 128 valence electrons. The van der Waals surface area contributed by atoms with Crippen molar-refractivity contribution in [1.29, 1.82) is 0 Å². The molecular weight excluding hydrogens is 320 g/mol. The van der Waals surface area contributed by atoms with Crippen LogP contribution in [0.3, 0.4) is 0 Å². The van der Waals surface area contributed by atoms with Gasteiger partial charge in [0, 0.05) is 12.6 Å². The Balaban J connectivity index is 2.33. The third kappa shape index (κ3) is 3.94. The average Bonchev–Trinajstić information content (AvgIpc) is 2.71. The second-order valence-electron chi connectivity index (χ2n) is 5.43. The smallest absolute Gasteiger partial charge is 0.241 e. The van der Waals surface area contributed by atoms with Gasteiger partial charge in [-0.15, -0.1) is 0 Å². The molecule has 0 aliphatic carbocycles. The SMILES string of the molecule is COc1cc(C)c(S(=O)(=O)N[C@@H]2CCCCNC2=O)cc1OC. The van der Waals surface area contributed by atoms with Crippen LogP contribution in [-0.2, 0) is 14.8 Å². The second kappa shape index (κ2) is 7.18. The van der Waals surface area contributed by atoms with Gasteiger partial charge in [-0.25, -0.2) is 8.42 Å². The summed E-state index contributed by atoms with van der Waals surface area (Å²) in [4.78, 5) is 12.0. The largest absolute Gasteiger partial charge is 0.493 e. The molecule has 1 amide bonds. The number of benzene rings is 1. The van der Waals surface area contributed by atoms with Crippen molar-refractivity contribution in [2.75, 3.05) is 20.8 Å². The van der Waals surface area contributed by atoms with Gasteiger partial charge in [-0.2, -0.15) is 4.72 Å². The summed E-state index contributed by atoms with van der Waals surface area (Å²) < 4.78 is 38.1. The van der Waals surface area contributed by atoms with E-state index < -0.39 is 16.1 Å².